The highest BCUT2D eigenvalue weighted by atomic mass is 16.4. The highest BCUT2D eigenvalue weighted by Gasteiger charge is 2.24. The Balaban J connectivity index is 2.01. The number of piperidine rings is 1. The average molecular weight is 290 g/mol. The average Bonchev–Trinajstić information content (AvgIpc) is 2.53. The molecule has 1 aliphatic heterocycles. The summed E-state index contributed by atoms with van der Waals surface area (Å²) in [7, 11) is 4.15. The van der Waals surface area contributed by atoms with Crippen molar-refractivity contribution in [2.45, 2.75) is 18.9 Å². The van der Waals surface area contributed by atoms with Crippen LogP contribution in [-0.2, 0) is 0 Å². The zero-order valence-corrected chi connectivity index (χ0v) is 12.5. The van der Waals surface area contributed by atoms with Gasteiger partial charge in [-0.25, -0.2) is 0 Å². The Morgan fingerprint density at radius 1 is 1.24 bits per heavy atom. The first kappa shape index (κ1) is 15.3. The molecule has 0 aromatic heterocycles. The highest BCUT2D eigenvalue weighted by molar-refractivity contribution is 5.99. The van der Waals surface area contributed by atoms with Crippen LogP contribution < -0.4 is 5.73 Å². The molecule has 0 bridgehead atoms. The van der Waals surface area contributed by atoms with Gasteiger partial charge in [-0.05, 0) is 39.1 Å². The van der Waals surface area contributed by atoms with E-state index in [2.05, 4.69) is 24.2 Å². The first-order chi connectivity index (χ1) is 10.0. The number of carbonyl (C=O) groups is 1. The van der Waals surface area contributed by atoms with Crippen molar-refractivity contribution in [3.05, 3.63) is 35.4 Å². The summed E-state index contributed by atoms with van der Waals surface area (Å²) < 4.78 is 0. The van der Waals surface area contributed by atoms with Crippen molar-refractivity contribution in [3.8, 4) is 0 Å². The predicted octanol–water partition coefficient (Wildman–Crippen LogP) is 0.947. The van der Waals surface area contributed by atoms with Crippen LogP contribution in [0.5, 0.6) is 0 Å². The Kier molecular flexibility index (Phi) is 4.80. The molecule has 2 rings (SSSR count). The predicted molar refractivity (Wildman–Crippen MR) is 81.6 cm³/mol. The van der Waals surface area contributed by atoms with E-state index in [1.807, 2.05) is 4.90 Å². The number of amides is 1. The van der Waals surface area contributed by atoms with E-state index in [1.54, 1.807) is 24.3 Å². The van der Waals surface area contributed by atoms with Gasteiger partial charge in [0.25, 0.3) is 5.91 Å². The van der Waals surface area contributed by atoms with Crippen LogP contribution in [0.3, 0.4) is 0 Å². The maximum absolute atomic E-state index is 12.4. The molecular formula is C15H22N4O2. The van der Waals surface area contributed by atoms with Crippen molar-refractivity contribution in [1.82, 2.24) is 9.80 Å². The lowest BCUT2D eigenvalue weighted by Crippen LogP contribution is -2.44. The first-order valence-corrected chi connectivity index (χ1v) is 7.06. The molecule has 1 saturated heterocycles. The van der Waals surface area contributed by atoms with Crippen LogP contribution in [-0.4, -0.2) is 60.0 Å². The minimum atomic E-state index is 0.0401. The minimum absolute atomic E-state index is 0.0401. The maximum atomic E-state index is 12.4. The maximum Gasteiger partial charge on any atom is 0.253 e. The summed E-state index contributed by atoms with van der Waals surface area (Å²) >= 11 is 0. The third-order valence-corrected chi connectivity index (χ3v) is 4.02. The number of rotatable bonds is 3. The Morgan fingerprint density at radius 2 is 1.76 bits per heavy atom. The van der Waals surface area contributed by atoms with Crippen LogP contribution in [0.15, 0.2) is 29.4 Å². The lowest BCUT2D eigenvalue weighted by Gasteiger charge is -2.35. The summed E-state index contributed by atoms with van der Waals surface area (Å²) in [4.78, 5) is 16.5. The van der Waals surface area contributed by atoms with Gasteiger partial charge < -0.3 is 20.7 Å². The SMILES string of the molecule is CN(C)C1CCN(C(=O)c2ccc(/C(N)=N/O)cc2)CC1. The summed E-state index contributed by atoms with van der Waals surface area (Å²) in [6, 6.07) is 7.36. The number of benzene rings is 1. The Morgan fingerprint density at radius 3 is 2.24 bits per heavy atom. The molecule has 1 heterocycles. The molecule has 0 atom stereocenters. The fourth-order valence-corrected chi connectivity index (χ4v) is 2.61. The summed E-state index contributed by atoms with van der Waals surface area (Å²) in [5.74, 6) is 0.0825. The van der Waals surface area contributed by atoms with Crippen molar-refractivity contribution in [3.63, 3.8) is 0 Å². The number of nitrogens with zero attached hydrogens (tertiary/aromatic N) is 3. The second-order valence-electron chi connectivity index (χ2n) is 5.55. The van der Waals surface area contributed by atoms with Crippen LogP contribution in [0, 0.1) is 0 Å². The molecule has 0 radical (unpaired) electrons. The second kappa shape index (κ2) is 6.58. The standard InChI is InChI=1S/C15H22N4O2/c1-18(2)13-7-9-19(10-8-13)15(20)12-5-3-11(4-6-12)14(16)17-21/h3-6,13,21H,7-10H2,1-2H3,(H2,16,17). The number of oxime groups is 1. The lowest BCUT2D eigenvalue weighted by atomic mass is 10.0. The summed E-state index contributed by atoms with van der Waals surface area (Å²) in [6.45, 7) is 1.56. The number of amidine groups is 1. The summed E-state index contributed by atoms with van der Waals surface area (Å²) in [5.41, 5.74) is 6.74. The molecule has 6 heteroatoms. The Hall–Kier alpha value is -2.08. The van der Waals surface area contributed by atoms with Crippen LogP contribution in [0.2, 0.25) is 0 Å². The molecule has 1 amide bonds. The third kappa shape index (κ3) is 3.52. The van der Waals surface area contributed by atoms with E-state index < -0.39 is 0 Å². The van der Waals surface area contributed by atoms with E-state index in [9.17, 15) is 4.79 Å². The molecule has 114 valence electrons. The molecule has 1 aromatic rings. The van der Waals surface area contributed by atoms with Gasteiger partial charge in [0.05, 0.1) is 0 Å². The number of likely N-dealkylation sites (tertiary alicyclic amines) is 1. The smallest absolute Gasteiger partial charge is 0.253 e. The Bertz CT molecular complexity index is 517. The molecule has 0 aliphatic carbocycles. The molecule has 1 aliphatic rings. The van der Waals surface area contributed by atoms with Crippen molar-refractivity contribution in [2.75, 3.05) is 27.2 Å². The third-order valence-electron chi connectivity index (χ3n) is 4.02. The van der Waals surface area contributed by atoms with Gasteiger partial charge in [-0.1, -0.05) is 17.3 Å². The van der Waals surface area contributed by atoms with Gasteiger partial charge in [-0.15, -0.1) is 0 Å². The molecule has 0 saturated carbocycles. The number of carbonyl (C=O) groups excluding carboxylic acids is 1. The van der Waals surface area contributed by atoms with Crippen LogP contribution in [0.1, 0.15) is 28.8 Å². The van der Waals surface area contributed by atoms with Crippen molar-refractivity contribution in [1.29, 1.82) is 0 Å². The summed E-state index contributed by atoms with van der Waals surface area (Å²) in [5, 5.41) is 11.6. The minimum Gasteiger partial charge on any atom is -0.409 e. The van der Waals surface area contributed by atoms with E-state index >= 15 is 0 Å². The van der Waals surface area contributed by atoms with E-state index in [-0.39, 0.29) is 11.7 Å². The fourth-order valence-electron chi connectivity index (χ4n) is 2.61. The first-order valence-electron chi connectivity index (χ1n) is 7.06. The van der Waals surface area contributed by atoms with E-state index in [1.165, 1.54) is 0 Å². The van der Waals surface area contributed by atoms with Gasteiger partial charge >= 0.3 is 0 Å². The molecule has 0 spiro atoms. The van der Waals surface area contributed by atoms with Gasteiger partial charge in [-0.3, -0.25) is 4.79 Å². The molecule has 3 N–H and O–H groups in total. The van der Waals surface area contributed by atoms with Crippen LogP contribution in [0.25, 0.3) is 0 Å². The fraction of sp³-hybridized carbons (Fsp3) is 0.467. The highest BCUT2D eigenvalue weighted by Crippen LogP contribution is 2.17. The van der Waals surface area contributed by atoms with Gasteiger partial charge in [0.15, 0.2) is 5.84 Å². The van der Waals surface area contributed by atoms with E-state index in [0.717, 1.165) is 25.9 Å². The molecule has 1 aromatic carbocycles. The van der Waals surface area contributed by atoms with Crippen LogP contribution >= 0.6 is 0 Å². The zero-order chi connectivity index (χ0) is 15.4. The van der Waals surface area contributed by atoms with Crippen molar-refractivity contribution >= 4 is 11.7 Å². The topological polar surface area (TPSA) is 82.2 Å². The van der Waals surface area contributed by atoms with Crippen LogP contribution in [0.4, 0.5) is 0 Å². The second-order valence-corrected chi connectivity index (χ2v) is 5.55. The van der Waals surface area contributed by atoms with Gasteiger partial charge in [0.2, 0.25) is 0 Å². The monoisotopic (exact) mass is 290 g/mol. The molecular weight excluding hydrogens is 268 g/mol. The van der Waals surface area contributed by atoms with Gasteiger partial charge in [0.1, 0.15) is 0 Å². The number of hydrogen-bond acceptors (Lipinski definition) is 4. The zero-order valence-electron chi connectivity index (χ0n) is 12.5. The normalized spacial score (nSPS) is 17.3. The van der Waals surface area contributed by atoms with E-state index in [0.29, 0.717) is 17.2 Å². The molecule has 1 fully saturated rings. The summed E-state index contributed by atoms with van der Waals surface area (Å²) in [6.07, 6.45) is 2.00. The molecule has 21 heavy (non-hydrogen) atoms. The van der Waals surface area contributed by atoms with Gasteiger partial charge in [-0.2, -0.15) is 0 Å². The van der Waals surface area contributed by atoms with E-state index in [4.69, 9.17) is 10.9 Å². The number of nitrogens with two attached hydrogens (primary N) is 1. The van der Waals surface area contributed by atoms with Crippen molar-refractivity contribution in [2.24, 2.45) is 10.9 Å². The largest absolute Gasteiger partial charge is 0.409 e. The van der Waals surface area contributed by atoms with Crippen molar-refractivity contribution < 1.29 is 10.0 Å². The van der Waals surface area contributed by atoms with Gasteiger partial charge in [0, 0.05) is 30.3 Å². The molecule has 6 nitrogen and oxygen atoms in total. The quantitative estimate of drug-likeness (QED) is 0.376. The lowest BCUT2D eigenvalue weighted by molar-refractivity contribution is 0.0663. The molecule has 0 unspecified atom stereocenters. The number of hydrogen-bond donors (Lipinski definition) is 2. The Labute approximate surface area is 124 Å².